The summed E-state index contributed by atoms with van der Waals surface area (Å²) >= 11 is 12.7. The van der Waals surface area contributed by atoms with Crippen LogP contribution in [0.2, 0.25) is 10.0 Å². The van der Waals surface area contributed by atoms with E-state index in [2.05, 4.69) is 11.8 Å². The highest BCUT2D eigenvalue weighted by Gasteiger charge is 2.22. The zero-order chi connectivity index (χ0) is 20.8. The largest absolute Gasteiger partial charge is 0.489 e. The number of morpholine rings is 1. The molecule has 0 radical (unpaired) electrons. The molecule has 1 aliphatic rings. The lowest BCUT2D eigenvalue weighted by atomic mass is 10.1. The Labute approximate surface area is 181 Å². The summed E-state index contributed by atoms with van der Waals surface area (Å²) in [5.74, 6) is -0.0550. The number of carbonyl (C=O) groups is 1. The number of aliphatic carboxylic acids is 1. The Kier molecular flexibility index (Phi) is 7.78. The zero-order valence-electron chi connectivity index (χ0n) is 16.4. The lowest BCUT2D eigenvalue weighted by Gasteiger charge is -2.32. The summed E-state index contributed by atoms with van der Waals surface area (Å²) in [5.41, 5.74) is 2.88. The molecule has 0 bridgehead atoms. The van der Waals surface area contributed by atoms with Gasteiger partial charge in [0.15, 0.2) is 0 Å². The molecule has 2 aromatic carbocycles. The van der Waals surface area contributed by atoms with Gasteiger partial charge in [0.05, 0.1) is 24.2 Å². The molecule has 1 heterocycles. The molecule has 0 aromatic heterocycles. The number of ether oxygens (including phenoxy) is 2. The monoisotopic (exact) mass is 437 g/mol. The van der Waals surface area contributed by atoms with E-state index in [-0.39, 0.29) is 12.5 Å². The van der Waals surface area contributed by atoms with Gasteiger partial charge in [-0.1, -0.05) is 48.3 Å². The maximum Gasteiger partial charge on any atom is 0.304 e. The van der Waals surface area contributed by atoms with Crippen molar-refractivity contribution in [2.24, 2.45) is 0 Å². The Balaban J connectivity index is 1.60. The van der Waals surface area contributed by atoms with Gasteiger partial charge in [-0.25, -0.2) is 0 Å². The lowest BCUT2D eigenvalue weighted by Crippen LogP contribution is -2.39. The van der Waals surface area contributed by atoms with Crippen LogP contribution >= 0.6 is 23.2 Å². The molecule has 0 spiro atoms. The molecular formula is C22H25Cl2NO4. The predicted molar refractivity (Wildman–Crippen MR) is 114 cm³/mol. The van der Waals surface area contributed by atoms with Crippen molar-refractivity contribution in [3.8, 4) is 5.75 Å². The zero-order valence-corrected chi connectivity index (χ0v) is 17.9. The smallest absolute Gasteiger partial charge is 0.304 e. The maximum absolute atomic E-state index is 10.8. The summed E-state index contributed by atoms with van der Waals surface area (Å²) in [5, 5.41) is 10.1. The highest BCUT2D eigenvalue weighted by atomic mass is 35.5. The van der Waals surface area contributed by atoms with Gasteiger partial charge in [-0.3, -0.25) is 9.69 Å². The van der Waals surface area contributed by atoms with Gasteiger partial charge in [-0.2, -0.15) is 0 Å². The first kappa shape index (κ1) is 21.9. The van der Waals surface area contributed by atoms with Crippen LogP contribution in [0.25, 0.3) is 0 Å². The minimum atomic E-state index is -0.778. The van der Waals surface area contributed by atoms with Gasteiger partial charge < -0.3 is 14.6 Å². The van der Waals surface area contributed by atoms with Crippen molar-refractivity contribution < 1.29 is 19.4 Å². The summed E-state index contributed by atoms with van der Waals surface area (Å²) in [6.07, 6.45) is 0.906. The molecule has 156 valence electrons. The normalized spacial score (nSPS) is 17.3. The Morgan fingerprint density at radius 3 is 2.69 bits per heavy atom. The first-order chi connectivity index (χ1) is 14.0. The van der Waals surface area contributed by atoms with Crippen LogP contribution in [-0.4, -0.2) is 42.2 Å². The number of carboxylic acid groups (broad SMARTS) is 1. The van der Waals surface area contributed by atoms with Crippen molar-refractivity contribution in [1.29, 1.82) is 0 Å². The fourth-order valence-electron chi connectivity index (χ4n) is 3.35. The number of hydrogen-bond donors (Lipinski definition) is 1. The predicted octanol–water partition coefficient (Wildman–Crippen LogP) is 4.98. The topological polar surface area (TPSA) is 59.0 Å². The van der Waals surface area contributed by atoms with E-state index >= 15 is 0 Å². The molecule has 1 atom stereocenters. The van der Waals surface area contributed by atoms with Crippen LogP contribution in [0.15, 0.2) is 36.4 Å². The van der Waals surface area contributed by atoms with Crippen molar-refractivity contribution in [3.63, 3.8) is 0 Å². The van der Waals surface area contributed by atoms with Gasteiger partial charge >= 0.3 is 5.97 Å². The molecule has 3 rings (SSSR count). The van der Waals surface area contributed by atoms with Crippen molar-refractivity contribution in [2.45, 2.75) is 32.5 Å². The number of halogens is 2. The van der Waals surface area contributed by atoms with Crippen molar-refractivity contribution in [3.05, 3.63) is 63.1 Å². The third-order valence-electron chi connectivity index (χ3n) is 5.07. The highest BCUT2D eigenvalue weighted by molar-refractivity contribution is 6.36. The first-order valence-corrected chi connectivity index (χ1v) is 10.5. The van der Waals surface area contributed by atoms with E-state index in [0.29, 0.717) is 36.3 Å². The van der Waals surface area contributed by atoms with Gasteiger partial charge in [0.2, 0.25) is 0 Å². The third kappa shape index (κ3) is 5.86. The number of aryl methyl sites for hydroxylation is 1. The average Bonchev–Trinajstić information content (AvgIpc) is 2.73. The van der Waals surface area contributed by atoms with E-state index in [1.807, 2.05) is 36.4 Å². The van der Waals surface area contributed by atoms with Gasteiger partial charge in [0.1, 0.15) is 12.4 Å². The van der Waals surface area contributed by atoms with E-state index in [9.17, 15) is 4.79 Å². The minimum Gasteiger partial charge on any atom is -0.489 e. The number of benzene rings is 2. The molecule has 0 saturated carbocycles. The van der Waals surface area contributed by atoms with E-state index in [1.54, 1.807) is 0 Å². The van der Waals surface area contributed by atoms with Gasteiger partial charge in [0, 0.05) is 30.2 Å². The van der Waals surface area contributed by atoms with Crippen molar-refractivity contribution in [2.75, 3.05) is 26.2 Å². The van der Waals surface area contributed by atoms with Gasteiger partial charge in [0.25, 0.3) is 0 Å². The summed E-state index contributed by atoms with van der Waals surface area (Å²) in [7, 11) is 0. The van der Waals surface area contributed by atoms with E-state index < -0.39 is 5.97 Å². The SMILES string of the molecule is CCc1ccc(Cl)c(COc2ccc(C3CN(CCC(=O)O)CCO3)cc2)c1Cl. The Morgan fingerprint density at radius 2 is 2.00 bits per heavy atom. The first-order valence-electron chi connectivity index (χ1n) is 9.72. The van der Waals surface area contributed by atoms with Crippen LogP contribution in [0.1, 0.15) is 36.1 Å². The van der Waals surface area contributed by atoms with Crippen LogP contribution in [0.3, 0.4) is 0 Å². The average molecular weight is 438 g/mol. The molecule has 1 N–H and O–H groups in total. The number of carboxylic acids is 1. The second-order valence-electron chi connectivity index (χ2n) is 7.01. The Morgan fingerprint density at radius 1 is 1.24 bits per heavy atom. The Bertz CT molecular complexity index is 841. The molecule has 1 aliphatic heterocycles. The minimum absolute atomic E-state index is 0.0725. The number of hydrogen-bond acceptors (Lipinski definition) is 4. The molecule has 5 nitrogen and oxygen atoms in total. The number of nitrogens with zero attached hydrogens (tertiary/aromatic N) is 1. The molecular weight excluding hydrogens is 413 g/mol. The summed E-state index contributed by atoms with van der Waals surface area (Å²) < 4.78 is 11.8. The van der Waals surface area contributed by atoms with Gasteiger partial charge in [-0.15, -0.1) is 0 Å². The van der Waals surface area contributed by atoms with Gasteiger partial charge in [-0.05, 0) is 35.7 Å². The van der Waals surface area contributed by atoms with Crippen LogP contribution in [0.4, 0.5) is 0 Å². The van der Waals surface area contributed by atoms with Crippen LogP contribution in [0.5, 0.6) is 5.75 Å². The molecule has 0 amide bonds. The molecule has 0 aliphatic carbocycles. The van der Waals surface area contributed by atoms with E-state index in [1.165, 1.54) is 0 Å². The molecule has 7 heteroatoms. The summed E-state index contributed by atoms with van der Waals surface area (Å²) in [6, 6.07) is 11.6. The lowest BCUT2D eigenvalue weighted by molar-refractivity contribution is -0.137. The quantitative estimate of drug-likeness (QED) is 0.630. The molecule has 29 heavy (non-hydrogen) atoms. The standard InChI is InChI=1S/C22H25Cl2NO4/c1-2-15-5-8-19(23)18(22(15)24)14-29-17-6-3-16(4-7-17)20-13-25(11-12-28-20)10-9-21(26)27/h3-8,20H,2,9-14H2,1H3,(H,26,27). The molecule has 1 fully saturated rings. The highest BCUT2D eigenvalue weighted by Crippen LogP contribution is 2.30. The fraction of sp³-hybridized carbons (Fsp3) is 0.409. The van der Waals surface area contributed by atoms with Crippen LogP contribution in [-0.2, 0) is 22.6 Å². The van der Waals surface area contributed by atoms with Crippen LogP contribution in [0, 0.1) is 0 Å². The third-order valence-corrected chi connectivity index (χ3v) is 5.90. The Hall–Kier alpha value is -1.79. The van der Waals surface area contributed by atoms with Crippen LogP contribution < -0.4 is 4.74 Å². The molecule has 2 aromatic rings. The molecule has 1 unspecified atom stereocenters. The van der Waals surface area contributed by atoms with Crippen molar-refractivity contribution in [1.82, 2.24) is 4.90 Å². The second kappa shape index (κ2) is 10.3. The van der Waals surface area contributed by atoms with E-state index in [0.717, 1.165) is 35.4 Å². The summed E-state index contributed by atoms with van der Waals surface area (Å²) in [6.45, 7) is 4.91. The second-order valence-corrected chi connectivity index (χ2v) is 7.80. The molecule has 1 saturated heterocycles. The maximum atomic E-state index is 10.8. The fourth-order valence-corrected chi connectivity index (χ4v) is 3.96. The van der Waals surface area contributed by atoms with E-state index in [4.69, 9.17) is 37.8 Å². The van der Waals surface area contributed by atoms with Crippen molar-refractivity contribution >= 4 is 29.2 Å². The number of rotatable bonds is 8. The summed E-state index contributed by atoms with van der Waals surface area (Å²) in [4.78, 5) is 12.9.